The number of fused-ring (bicyclic) bond motifs is 1. The SMILES string of the molecule is CC(C)CC1c2ccccc2CNC1C. The van der Waals surface area contributed by atoms with Crippen LogP contribution in [0.15, 0.2) is 24.3 Å². The van der Waals surface area contributed by atoms with E-state index in [4.69, 9.17) is 0 Å². The summed E-state index contributed by atoms with van der Waals surface area (Å²) in [5.74, 6) is 1.46. The molecule has 1 nitrogen and oxygen atoms in total. The van der Waals surface area contributed by atoms with Crippen molar-refractivity contribution in [3.05, 3.63) is 35.4 Å². The van der Waals surface area contributed by atoms with Gasteiger partial charge < -0.3 is 5.32 Å². The van der Waals surface area contributed by atoms with Crippen LogP contribution in [0.2, 0.25) is 0 Å². The quantitative estimate of drug-likeness (QED) is 0.777. The highest BCUT2D eigenvalue weighted by atomic mass is 14.9. The molecule has 2 rings (SSSR count). The molecule has 1 heteroatoms. The lowest BCUT2D eigenvalue weighted by molar-refractivity contribution is 0.371. The van der Waals surface area contributed by atoms with Crippen molar-refractivity contribution < 1.29 is 0 Å². The van der Waals surface area contributed by atoms with Crippen LogP contribution >= 0.6 is 0 Å². The van der Waals surface area contributed by atoms with E-state index in [1.165, 1.54) is 12.0 Å². The molecule has 2 unspecified atom stereocenters. The van der Waals surface area contributed by atoms with Crippen molar-refractivity contribution in [3.63, 3.8) is 0 Å². The predicted octanol–water partition coefficient (Wildman–Crippen LogP) is 3.31. The Morgan fingerprint density at radius 3 is 2.80 bits per heavy atom. The van der Waals surface area contributed by atoms with Crippen LogP contribution in [0, 0.1) is 5.92 Å². The van der Waals surface area contributed by atoms with Crippen LogP contribution in [0.25, 0.3) is 0 Å². The topological polar surface area (TPSA) is 12.0 Å². The van der Waals surface area contributed by atoms with Gasteiger partial charge >= 0.3 is 0 Å². The second-order valence-corrected chi connectivity index (χ2v) is 5.10. The molecule has 0 fully saturated rings. The van der Waals surface area contributed by atoms with E-state index < -0.39 is 0 Å². The van der Waals surface area contributed by atoms with Gasteiger partial charge in [-0.1, -0.05) is 38.1 Å². The van der Waals surface area contributed by atoms with Crippen LogP contribution in [-0.2, 0) is 6.54 Å². The molecule has 1 heterocycles. The first-order valence-electron chi connectivity index (χ1n) is 5.99. The highest BCUT2D eigenvalue weighted by molar-refractivity contribution is 5.33. The summed E-state index contributed by atoms with van der Waals surface area (Å²) in [7, 11) is 0. The average molecular weight is 203 g/mol. The zero-order valence-electron chi connectivity index (χ0n) is 9.96. The minimum Gasteiger partial charge on any atom is -0.310 e. The van der Waals surface area contributed by atoms with E-state index in [9.17, 15) is 0 Å². The zero-order valence-corrected chi connectivity index (χ0v) is 9.96. The molecule has 0 radical (unpaired) electrons. The fraction of sp³-hybridized carbons (Fsp3) is 0.571. The number of rotatable bonds is 2. The van der Waals surface area contributed by atoms with Gasteiger partial charge in [-0.25, -0.2) is 0 Å². The molecule has 1 aromatic carbocycles. The summed E-state index contributed by atoms with van der Waals surface area (Å²) in [6.45, 7) is 7.96. The van der Waals surface area contributed by atoms with Crippen LogP contribution < -0.4 is 5.32 Å². The molecule has 0 spiro atoms. The molecule has 1 aliphatic rings. The molecule has 2 atom stereocenters. The van der Waals surface area contributed by atoms with Crippen molar-refractivity contribution in [2.24, 2.45) is 5.92 Å². The van der Waals surface area contributed by atoms with Gasteiger partial charge in [0.1, 0.15) is 0 Å². The predicted molar refractivity (Wildman–Crippen MR) is 64.9 cm³/mol. The Hall–Kier alpha value is -0.820. The molecule has 0 aliphatic carbocycles. The van der Waals surface area contributed by atoms with Gasteiger partial charge in [-0.3, -0.25) is 0 Å². The van der Waals surface area contributed by atoms with Crippen LogP contribution in [0.1, 0.15) is 44.2 Å². The molecular weight excluding hydrogens is 182 g/mol. The Kier molecular flexibility index (Phi) is 3.11. The third kappa shape index (κ3) is 2.23. The maximum Gasteiger partial charge on any atom is 0.0211 e. The summed E-state index contributed by atoms with van der Waals surface area (Å²) >= 11 is 0. The first-order chi connectivity index (χ1) is 7.18. The van der Waals surface area contributed by atoms with E-state index in [-0.39, 0.29) is 0 Å². The lowest BCUT2D eigenvalue weighted by Crippen LogP contribution is -2.37. The van der Waals surface area contributed by atoms with Crippen molar-refractivity contribution >= 4 is 0 Å². The maximum atomic E-state index is 3.59. The third-order valence-corrected chi connectivity index (χ3v) is 3.40. The van der Waals surface area contributed by atoms with Gasteiger partial charge in [-0.05, 0) is 36.3 Å². The summed E-state index contributed by atoms with van der Waals surface area (Å²) < 4.78 is 0. The van der Waals surface area contributed by atoms with Gasteiger partial charge in [0, 0.05) is 12.6 Å². The third-order valence-electron chi connectivity index (χ3n) is 3.40. The largest absolute Gasteiger partial charge is 0.310 e. The van der Waals surface area contributed by atoms with E-state index in [1.807, 2.05) is 0 Å². The molecule has 1 aromatic rings. The lowest BCUT2D eigenvalue weighted by atomic mass is 9.80. The van der Waals surface area contributed by atoms with E-state index in [0.29, 0.717) is 12.0 Å². The van der Waals surface area contributed by atoms with E-state index in [1.54, 1.807) is 5.56 Å². The van der Waals surface area contributed by atoms with Crippen molar-refractivity contribution in [1.82, 2.24) is 5.32 Å². The van der Waals surface area contributed by atoms with E-state index >= 15 is 0 Å². The molecule has 1 aliphatic heterocycles. The van der Waals surface area contributed by atoms with Crippen molar-refractivity contribution in [2.45, 2.75) is 45.7 Å². The number of hydrogen-bond acceptors (Lipinski definition) is 1. The van der Waals surface area contributed by atoms with E-state index in [2.05, 4.69) is 50.4 Å². The zero-order chi connectivity index (χ0) is 10.8. The first-order valence-corrected chi connectivity index (χ1v) is 5.99. The Labute approximate surface area is 92.9 Å². The minimum absolute atomic E-state index is 0.613. The van der Waals surface area contributed by atoms with Crippen molar-refractivity contribution in [2.75, 3.05) is 0 Å². The highest BCUT2D eigenvalue weighted by Gasteiger charge is 2.25. The molecule has 0 aromatic heterocycles. The summed E-state index contributed by atoms with van der Waals surface area (Å²) in [5, 5.41) is 3.59. The van der Waals surface area contributed by atoms with E-state index in [0.717, 1.165) is 12.5 Å². The summed E-state index contributed by atoms with van der Waals surface area (Å²) in [5.41, 5.74) is 3.05. The minimum atomic E-state index is 0.613. The van der Waals surface area contributed by atoms with Gasteiger partial charge in [-0.2, -0.15) is 0 Å². The molecule has 0 bridgehead atoms. The molecule has 0 saturated carbocycles. The number of benzene rings is 1. The van der Waals surface area contributed by atoms with Gasteiger partial charge in [-0.15, -0.1) is 0 Å². The standard InChI is InChI=1S/C14H21N/c1-10(2)8-14-11(3)15-9-12-6-4-5-7-13(12)14/h4-7,10-11,14-15H,8-9H2,1-3H3. The molecule has 82 valence electrons. The van der Waals surface area contributed by atoms with Crippen LogP contribution in [0.4, 0.5) is 0 Å². The Balaban J connectivity index is 2.28. The Morgan fingerprint density at radius 2 is 2.07 bits per heavy atom. The fourth-order valence-corrected chi connectivity index (χ4v) is 2.58. The molecule has 15 heavy (non-hydrogen) atoms. The maximum absolute atomic E-state index is 3.59. The normalized spacial score (nSPS) is 25.3. The molecular formula is C14H21N. The second-order valence-electron chi connectivity index (χ2n) is 5.10. The Morgan fingerprint density at radius 1 is 1.33 bits per heavy atom. The average Bonchev–Trinajstić information content (AvgIpc) is 2.22. The molecule has 0 saturated heterocycles. The van der Waals surface area contributed by atoms with Crippen molar-refractivity contribution in [3.8, 4) is 0 Å². The van der Waals surface area contributed by atoms with Gasteiger partial charge in [0.25, 0.3) is 0 Å². The fourth-order valence-electron chi connectivity index (χ4n) is 2.58. The second kappa shape index (κ2) is 4.36. The van der Waals surface area contributed by atoms with Gasteiger partial charge in [0.15, 0.2) is 0 Å². The number of nitrogens with one attached hydrogen (secondary N) is 1. The van der Waals surface area contributed by atoms with Gasteiger partial charge in [0.05, 0.1) is 0 Å². The van der Waals surface area contributed by atoms with Crippen LogP contribution in [-0.4, -0.2) is 6.04 Å². The molecule has 1 N–H and O–H groups in total. The van der Waals surface area contributed by atoms with Crippen LogP contribution in [0.3, 0.4) is 0 Å². The smallest absolute Gasteiger partial charge is 0.0211 e. The summed E-state index contributed by atoms with van der Waals surface area (Å²) in [4.78, 5) is 0. The first kappa shape index (κ1) is 10.7. The molecule has 0 amide bonds. The lowest BCUT2D eigenvalue weighted by Gasteiger charge is -2.33. The van der Waals surface area contributed by atoms with Crippen molar-refractivity contribution in [1.29, 1.82) is 0 Å². The van der Waals surface area contributed by atoms with Crippen LogP contribution in [0.5, 0.6) is 0 Å². The Bertz CT molecular complexity index is 330. The summed E-state index contributed by atoms with van der Waals surface area (Å²) in [6, 6.07) is 9.48. The highest BCUT2D eigenvalue weighted by Crippen LogP contribution is 2.32. The van der Waals surface area contributed by atoms with Gasteiger partial charge in [0.2, 0.25) is 0 Å². The summed E-state index contributed by atoms with van der Waals surface area (Å²) in [6.07, 6.45) is 1.28. The monoisotopic (exact) mass is 203 g/mol. The number of hydrogen-bond donors (Lipinski definition) is 1.